The number of nitriles is 1. The number of aromatic nitrogens is 4. The number of carbonyl (C=O) groups excluding carboxylic acids is 3. The summed E-state index contributed by atoms with van der Waals surface area (Å²) >= 11 is 0. The van der Waals surface area contributed by atoms with Crippen molar-refractivity contribution >= 4 is 34.9 Å². The molecule has 0 bridgehead atoms. The molecule has 3 heterocycles. The maximum absolute atomic E-state index is 12.2. The van der Waals surface area contributed by atoms with Crippen molar-refractivity contribution in [2.24, 2.45) is 0 Å². The number of fused-ring (bicyclic) bond motifs is 1. The van der Waals surface area contributed by atoms with Crippen molar-refractivity contribution < 1.29 is 33.3 Å². The van der Waals surface area contributed by atoms with E-state index in [4.69, 9.17) is 18.9 Å². The predicted molar refractivity (Wildman–Crippen MR) is 164 cm³/mol. The van der Waals surface area contributed by atoms with E-state index in [-0.39, 0.29) is 24.0 Å². The molecular formula is C33H34N6O7. The summed E-state index contributed by atoms with van der Waals surface area (Å²) in [5, 5.41) is 13.2. The van der Waals surface area contributed by atoms with E-state index in [0.717, 1.165) is 22.3 Å². The Morgan fingerprint density at radius 3 is 2.04 bits per heavy atom. The third-order valence-corrected chi connectivity index (χ3v) is 7.57. The molecule has 1 aliphatic heterocycles. The molecule has 2 aromatic carbocycles. The van der Waals surface area contributed by atoms with Crippen LogP contribution in [-0.4, -0.2) is 68.9 Å². The maximum Gasteiger partial charge on any atom is 0.303 e. The number of rotatable bonds is 10. The molecule has 0 unspecified atom stereocenters. The smallest absolute Gasteiger partial charge is 0.303 e. The van der Waals surface area contributed by atoms with E-state index < -0.39 is 42.4 Å². The Hall–Kier alpha value is -5.35. The van der Waals surface area contributed by atoms with E-state index in [1.807, 2.05) is 19.9 Å². The van der Waals surface area contributed by atoms with Crippen LogP contribution < -0.4 is 5.32 Å². The maximum atomic E-state index is 12.2. The topological polar surface area (TPSA) is 168 Å². The first-order valence-electron chi connectivity index (χ1n) is 14.7. The van der Waals surface area contributed by atoms with Crippen molar-refractivity contribution in [3.8, 4) is 6.07 Å². The minimum Gasteiger partial charge on any atom is -0.463 e. The fraction of sp³-hybridized carbons (Fsp3) is 0.364. The number of esters is 3. The molecule has 4 atom stereocenters. The van der Waals surface area contributed by atoms with Crippen molar-refractivity contribution in [1.29, 1.82) is 5.26 Å². The van der Waals surface area contributed by atoms with Crippen LogP contribution in [0.15, 0.2) is 54.9 Å². The number of aryl methyl sites for hydroxylation is 2. The van der Waals surface area contributed by atoms with Crippen LogP contribution in [0, 0.1) is 25.2 Å². The van der Waals surface area contributed by atoms with Gasteiger partial charge in [0.1, 0.15) is 18.8 Å². The molecule has 4 aromatic rings. The summed E-state index contributed by atoms with van der Waals surface area (Å²) < 4.78 is 23.8. The molecule has 46 heavy (non-hydrogen) atoms. The number of anilines is 1. The molecule has 1 fully saturated rings. The highest BCUT2D eigenvalue weighted by molar-refractivity contribution is 5.83. The van der Waals surface area contributed by atoms with E-state index in [9.17, 15) is 19.6 Å². The van der Waals surface area contributed by atoms with Gasteiger partial charge in [0, 0.05) is 33.2 Å². The molecule has 5 rings (SSSR count). The quantitative estimate of drug-likeness (QED) is 0.200. The highest BCUT2D eigenvalue weighted by atomic mass is 16.7. The van der Waals surface area contributed by atoms with Gasteiger partial charge in [0.15, 0.2) is 35.4 Å². The van der Waals surface area contributed by atoms with Gasteiger partial charge in [0.25, 0.3) is 0 Å². The first kappa shape index (κ1) is 32.1. The first-order valence-corrected chi connectivity index (χ1v) is 14.7. The number of nitrogens with one attached hydrogen (secondary N) is 1. The molecular weight excluding hydrogens is 592 g/mol. The Morgan fingerprint density at radius 2 is 1.50 bits per heavy atom. The van der Waals surface area contributed by atoms with Gasteiger partial charge >= 0.3 is 17.9 Å². The number of hydrogen-bond donors (Lipinski definition) is 1. The summed E-state index contributed by atoms with van der Waals surface area (Å²) in [5.74, 6) is -1.74. The highest BCUT2D eigenvalue weighted by Gasteiger charge is 2.51. The Morgan fingerprint density at radius 1 is 0.913 bits per heavy atom. The lowest BCUT2D eigenvalue weighted by atomic mass is 9.90. The molecule has 1 aliphatic rings. The van der Waals surface area contributed by atoms with Crippen LogP contribution >= 0.6 is 0 Å². The summed E-state index contributed by atoms with van der Waals surface area (Å²) in [6.45, 7) is 7.88. The van der Waals surface area contributed by atoms with Gasteiger partial charge in [-0.3, -0.25) is 19.0 Å². The Bertz CT molecular complexity index is 1740. The monoisotopic (exact) mass is 626 g/mol. The van der Waals surface area contributed by atoms with E-state index in [0.29, 0.717) is 17.9 Å². The van der Waals surface area contributed by atoms with Crippen LogP contribution in [0.25, 0.3) is 11.2 Å². The second-order valence-electron chi connectivity index (χ2n) is 11.1. The average molecular weight is 627 g/mol. The highest BCUT2D eigenvalue weighted by Crippen LogP contribution is 2.37. The third kappa shape index (κ3) is 7.13. The van der Waals surface area contributed by atoms with Crippen LogP contribution in [0.2, 0.25) is 0 Å². The normalized spacial score (nSPS) is 19.1. The zero-order valence-electron chi connectivity index (χ0n) is 26.1. The van der Waals surface area contributed by atoms with Gasteiger partial charge in [-0.15, -0.1) is 0 Å². The molecule has 0 saturated carbocycles. The second kappa shape index (κ2) is 13.7. The standard InChI is InChI=1S/C33H34N6O7/c1-18-6-10-23(11-7-18)25(24-12-8-19(2)9-13-24)15-35-31-28-32(38-27(14-34)37-31)39(17-36-28)33-30(45-22(5)42)29(44-21(4)41)26(46-33)16-43-20(3)40/h6-13,17,25-26,29-30,33H,15-16H2,1-5H3,(H,35,37,38)/t26-,29-,30-,33-/m1/s1. The number of benzene rings is 2. The van der Waals surface area contributed by atoms with Gasteiger partial charge in [0.05, 0.1) is 6.33 Å². The van der Waals surface area contributed by atoms with Crippen LogP contribution in [0.1, 0.15) is 61.0 Å². The minimum absolute atomic E-state index is 0.0585. The van der Waals surface area contributed by atoms with Crippen molar-refractivity contribution in [2.45, 2.75) is 65.1 Å². The fourth-order valence-electron chi connectivity index (χ4n) is 5.42. The van der Waals surface area contributed by atoms with Gasteiger partial charge in [-0.25, -0.2) is 4.98 Å². The minimum atomic E-state index is -1.15. The number of carbonyl (C=O) groups is 3. The molecule has 13 heteroatoms. The molecule has 1 saturated heterocycles. The van der Waals surface area contributed by atoms with Crippen LogP contribution in [0.4, 0.5) is 5.82 Å². The summed E-state index contributed by atoms with van der Waals surface area (Å²) in [4.78, 5) is 49.1. The molecule has 238 valence electrons. The number of hydrogen-bond acceptors (Lipinski definition) is 12. The molecule has 0 radical (unpaired) electrons. The largest absolute Gasteiger partial charge is 0.463 e. The predicted octanol–water partition coefficient (Wildman–Crippen LogP) is 3.88. The average Bonchev–Trinajstić information content (AvgIpc) is 3.58. The van der Waals surface area contributed by atoms with Crippen molar-refractivity contribution in [3.05, 3.63) is 82.9 Å². The second-order valence-corrected chi connectivity index (χ2v) is 11.1. The Labute approximate surface area is 265 Å². The van der Waals surface area contributed by atoms with Gasteiger partial charge in [-0.1, -0.05) is 59.7 Å². The van der Waals surface area contributed by atoms with Gasteiger partial charge < -0.3 is 24.3 Å². The lowest BCUT2D eigenvalue weighted by Crippen LogP contribution is -2.40. The molecule has 13 nitrogen and oxygen atoms in total. The molecule has 0 spiro atoms. The molecule has 2 aromatic heterocycles. The van der Waals surface area contributed by atoms with Crippen LogP contribution in [0.5, 0.6) is 0 Å². The van der Waals surface area contributed by atoms with E-state index in [1.165, 1.54) is 31.7 Å². The van der Waals surface area contributed by atoms with Gasteiger partial charge in [0.2, 0.25) is 5.82 Å². The first-order chi connectivity index (χ1) is 22.0. The van der Waals surface area contributed by atoms with E-state index >= 15 is 0 Å². The van der Waals surface area contributed by atoms with Crippen molar-refractivity contribution in [3.63, 3.8) is 0 Å². The molecule has 0 amide bonds. The summed E-state index contributed by atoms with van der Waals surface area (Å²) in [5.41, 5.74) is 5.03. The van der Waals surface area contributed by atoms with E-state index in [2.05, 4.69) is 68.8 Å². The SMILES string of the molecule is CC(=O)OC[C@H]1O[C@@H](n2cnc3c(NCC(c4ccc(C)cc4)c4ccc(C)cc4)nc(C#N)nc32)[C@H](OC(C)=O)[C@@H]1OC(C)=O. The number of imidazole rings is 1. The summed E-state index contributed by atoms with van der Waals surface area (Å²) in [6.07, 6.45) is -2.91. The summed E-state index contributed by atoms with van der Waals surface area (Å²) in [7, 11) is 0. The van der Waals surface area contributed by atoms with Crippen LogP contribution in [0.3, 0.4) is 0 Å². The van der Waals surface area contributed by atoms with Gasteiger partial charge in [-0.2, -0.15) is 15.2 Å². The molecule has 1 N–H and O–H groups in total. The fourth-order valence-corrected chi connectivity index (χ4v) is 5.42. The van der Waals surface area contributed by atoms with Crippen LogP contribution in [-0.2, 0) is 33.3 Å². The van der Waals surface area contributed by atoms with Crippen molar-refractivity contribution in [1.82, 2.24) is 19.5 Å². The third-order valence-electron chi connectivity index (χ3n) is 7.57. The molecule has 0 aliphatic carbocycles. The summed E-state index contributed by atoms with van der Waals surface area (Å²) in [6, 6.07) is 18.6. The Kier molecular flexibility index (Phi) is 9.58. The number of ether oxygens (including phenoxy) is 4. The van der Waals surface area contributed by atoms with E-state index in [1.54, 1.807) is 0 Å². The van der Waals surface area contributed by atoms with Crippen molar-refractivity contribution in [2.75, 3.05) is 18.5 Å². The Balaban J connectivity index is 1.52. The zero-order valence-corrected chi connectivity index (χ0v) is 26.1. The number of nitrogens with zero attached hydrogens (tertiary/aromatic N) is 5. The van der Waals surface area contributed by atoms with Gasteiger partial charge in [-0.05, 0) is 25.0 Å². The zero-order chi connectivity index (χ0) is 33.0. The lowest BCUT2D eigenvalue weighted by molar-refractivity contribution is -0.166. The lowest BCUT2D eigenvalue weighted by Gasteiger charge is -2.23.